The molecule has 5 aromatic rings. The lowest BCUT2D eigenvalue weighted by Crippen LogP contribution is -2.68. The van der Waals surface area contributed by atoms with E-state index in [1.165, 1.54) is 4.90 Å². The summed E-state index contributed by atoms with van der Waals surface area (Å²) in [5.41, 5.74) is 3.23. The molecular weight excluding hydrogens is 669 g/mol. The van der Waals surface area contributed by atoms with Crippen molar-refractivity contribution in [2.75, 3.05) is 61.7 Å². The summed E-state index contributed by atoms with van der Waals surface area (Å²) < 4.78 is 66.6. The Morgan fingerprint density at radius 1 is 1.06 bits per heavy atom. The Hall–Kier alpha value is -5.15. The summed E-state index contributed by atoms with van der Waals surface area (Å²) in [6, 6.07) is 15.2. The molecule has 0 bridgehead atoms. The molecule has 51 heavy (non-hydrogen) atoms. The van der Waals surface area contributed by atoms with Crippen molar-refractivity contribution in [3.63, 3.8) is 0 Å². The molecule has 3 aliphatic heterocycles. The van der Waals surface area contributed by atoms with Crippen LogP contribution in [0.3, 0.4) is 0 Å². The number of alkyl halides is 3. The van der Waals surface area contributed by atoms with Crippen LogP contribution < -0.4 is 19.4 Å². The lowest BCUT2D eigenvalue weighted by molar-refractivity contribution is -0.228. The number of rotatable bonds is 7. The number of fused-ring (bicyclic) bond motifs is 3. The molecule has 6 heterocycles. The highest BCUT2D eigenvalue weighted by Gasteiger charge is 2.50. The van der Waals surface area contributed by atoms with E-state index in [0.29, 0.717) is 43.0 Å². The van der Waals surface area contributed by atoms with E-state index in [0.717, 1.165) is 16.8 Å². The van der Waals surface area contributed by atoms with Gasteiger partial charge in [-0.3, -0.25) is 0 Å². The second kappa shape index (κ2) is 12.3. The second-order valence-corrected chi connectivity index (χ2v) is 13.4. The monoisotopic (exact) mass is 704 g/mol. The van der Waals surface area contributed by atoms with Gasteiger partial charge in [-0.05, 0) is 42.8 Å². The Morgan fingerprint density at radius 2 is 1.86 bits per heavy atom. The normalized spacial score (nSPS) is 21.7. The number of hydrogen-bond donors (Lipinski definition) is 1. The van der Waals surface area contributed by atoms with Gasteiger partial charge in [0, 0.05) is 49.9 Å². The summed E-state index contributed by atoms with van der Waals surface area (Å²) in [4.78, 5) is 30.6. The molecule has 0 radical (unpaired) electrons. The summed E-state index contributed by atoms with van der Waals surface area (Å²) in [6.45, 7) is 3.87. The van der Waals surface area contributed by atoms with Crippen LogP contribution in [-0.2, 0) is 20.4 Å². The first-order valence-corrected chi connectivity index (χ1v) is 16.6. The highest BCUT2D eigenvalue weighted by atomic mass is 19.4. The van der Waals surface area contributed by atoms with Crippen molar-refractivity contribution in [2.45, 2.75) is 43.3 Å². The van der Waals surface area contributed by atoms with Crippen LogP contribution in [-0.4, -0.2) is 96.8 Å². The number of morpholine rings is 1. The molecular formula is C36H35F3N6O6. The molecule has 12 nitrogen and oxygen atoms in total. The highest BCUT2D eigenvalue weighted by Crippen LogP contribution is 2.43. The van der Waals surface area contributed by atoms with Crippen LogP contribution >= 0.6 is 0 Å². The Bertz CT molecular complexity index is 2140. The predicted octanol–water partition coefficient (Wildman–Crippen LogP) is 5.63. The SMILES string of the molecule is C[C@@H]1N(c2cc(-c3cccc(N(C)C)c3)cnc2OC2C[C@@H](C(=O)O)N(c3nc(C(F)(F)F)nc4c3oc3ccccc34)C2)CCOC12COC2. The molecule has 0 amide bonds. The summed E-state index contributed by atoms with van der Waals surface area (Å²) in [7, 11) is 3.93. The largest absolute Gasteiger partial charge is 0.480 e. The highest BCUT2D eigenvalue weighted by molar-refractivity contribution is 6.06. The van der Waals surface area contributed by atoms with E-state index in [1.807, 2.05) is 43.3 Å². The van der Waals surface area contributed by atoms with E-state index < -0.39 is 35.7 Å². The van der Waals surface area contributed by atoms with Gasteiger partial charge in [0.1, 0.15) is 34.5 Å². The molecule has 2 aromatic carbocycles. The number of carboxylic acids is 1. The topological polar surface area (TPSA) is 127 Å². The third kappa shape index (κ3) is 5.73. The first-order valence-electron chi connectivity index (χ1n) is 16.6. The van der Waals surface area contributed by atoms with Crippen LogP contribution in [0.1, 0.15) is 19.2 Å². The van der Waals surface area contributed by atoms with Crippen LogP contribution in [0.5, 0.6) is 5.88 Å². The van der Waals surface area contributed by atoms with Gasteiger partial charge >= 0.3 is 12.1 Å². The fourth-order valence-corrected chi connectivity index (χ4v) is 7.17. The van der Waals surface area contributed by atoms with Crippen molar-refractivity contribution in [3.8, 4) is 17.0 Å². The van der Waals surface area contributed by atoms with Gasteiger partial charge in [0.25, 0.3) is 0 Å². The molecule has 3 atom stereocenters. The van der Waals surface area contributed by atoms with Gasteiger partial charge in [0.2, 0.25) is 11.7 Å². The van der Waals surface area contributed by atoms with Crippen molar-refractivity contribution < 1.29 is 41.7 Å². The van der Waals surface area contributed by atoms with E-state index in [9.17, 15) is 23.1 Å². The Morgan fingerprint density at radius 3 is 2.59 bits per heavy atom. The minimum absolute atomic E-state index is 0.0330. The lowest BCUT2D eigenvalue weighted by atomic mass is 9.90. The molecule has 266 valence electrons. The van der Waals surface area contributed by atoms with E-state index in [2.05, 4.69) is 27.9 Å². The van der Waals surface area contributed by atoms with Crippen LogP contribution in [0.4, 0.5) is 30.4 Å². The zero-order chi connectivity index (χ0) is 35.7. The van der Waals surface area contributed by atoms with E-state index >= 15 is 0 Å². The lowest BCUT2D eigenvalue weighted by Gasteiger charge is -2.53. The number of aromatic nitrogens is 3. The van der Waals surface area contributed by atoms with Gasteiger partial charge < -0.3 is 38.4 Å². The van der Waals surface area contributed by atoms with E-state index in [1.54, 1.807) is 30.5 Å². The number of ether oxygens (including phenoxy) is 3. The first kappa shape index (κ1) is 33.0. The molecule has 3 saturated heterocycles. The molecule has 0 saturated carbocycles. The number of aliphatic carboxylic acids is 1. The maximum absolute atomic E-state index is 14.1. The summed E-state index contributed by atoms with van der Waals surface area (Å²) in [5.74, 6) is -2.62. The summed E-state index contributed by atoms with van der Waals surface area (Å²) >= 11 is 0. The minimum atomic E-state index is -4.89. The number of furan rings is 1. The fraction of sp³-hybridized carbons (Fsp3) is 0.389. The quantitative estimate of drug-likeness (QED) is 0.226. The number of nitrogens with zero attached hydrogens (tertiary/aromatic N) is 6. The molecule has 15 heteroatoms. The number of para-hydroxylation sites is 1. The molecule has 1 spiro atoms. The predicted molar refractivity (Wildman–Crippen MR) is 182 cm³/mol. The van der Waals surface area contributed by atoms with Crippen molar-refractivity contribution in [2.24, 2.45) is 0 Å². The number of pyridine rings is 1. The molecule has 1 N–H and O–H groups in total. The molecule has 3 aromatic heterocycles. The van der Waals surface area contributed by atoms with Crippen molar-refractivity contribution in [3.05, 3.63) is 66.6 Å². The maximum Gasteiger partial charge on any atom is 0.451 e. The Kier molecular flexibility index (Phi) is 7.94. The zero-order valence-electron chi connectivity index (χ0n) is 28.1. The smallest absolute Gasteiger partial charge is 0.451 e. The van der Waals surface area contributed by atoms with Gasteiger partial charge in [-0.1, -0.05) is 24.3 Å². The number of benzene rings is 2. The zero-order valence-corrected chi connectivity index (χ0v) is 28.1. The van der Waals surface area contributed by atoms with Crippen molar-refractivity contribution in [1.29, 1.82) is 0 Å². The van der Waals surface area contributed by atoms with Crippen molar-refractivity contribution in [1.82, 2.24) is 15.0 Å². The number of hydrogen-bond acceptors (Lipinski definition) is 11. The van der Waals surface area contributed by atoms with Gasteiger partial charge in [0.05, 0.1) is 32.4 Å². The maximum atomic E-state index is 14.1. The third-order valence-corrected chi connectivity index (χ3v) is 10.0. The first-order chi connectivity index (χ1) is 24.4. The number of halogens is 3. The van der Waals surface area contributed by atoms with E-state index in [-0.39, 0.29) is 41.8 Å². The van der Waals surface area contributed by atoms with Crippen LogP contribution in [0.2, 0.25) is 0 Å². The van der Waals surface area contributed by atoms with E-state index in [4.69, 9.17) is 23.6 Å². The average Bonchev–Trinajstić information content (AvgIpc) is 3.69. The number of carbonyl (C=O) groups is 1. The van der Waals surface area contributed by atoms with Crippen molar-refractivity contribution >= 4 is 45.2 Å². The van der Waals surface area contributed by atoms with Crippen LogP contribution in [0.25, 0.3) is 33.2 Å². The number of anilines is 3. The second-order valence-electron chi connectivity index (χ2n) is 13.4. The Labute approximate surface area is 290 Å². The van der Waals surface area contributed by atoms with Crippen LogP contribution in [0.15, 0.2) is 65.2 Å². The fourth-order valence-electron chi connectivity index (χ4n) is 7.17. The Balaban J connectivity index is 1.18. The van der Waals surface area contributed by atoms with Crippen LogP contribution in [0, 0.1) is 0 Å². The molecule has 3 aliphatic rings. The number of carboxylic acid groups (broad SMARTS) is 1. The minimum Gasteiger partial charge on any atom is -0.480 e. The average molecular weight is 705 g/mol. The molecule has 0 aliphatic carbocycles. The van der Waals surface area contributed by atoms with Gasteiger partial charge in [-0.2, -0.15) is 13.2 Å². The molecule has 1 unspecified atom stereocenters. The summed E-state index contributed by atoms with van der Waals surface area (Å²) in [6.07, 6.45) is -4.01. The van der Waals surface area contributed by atoms with Gasteiger partial charge in [0.15, 0.2) is 11.4 Å². The molecule has 3 fully saturated rings. The third-order valence-electron chi connectivity index (χ3n) is 10.0. The molecule has 8 rings (SSSR count). The standard InChI is InChI=1S/C36H35F3N6O6/c1-20-35(18-48-19-35)49-12-11-44(20)26-14-22(21-7-6-8-23(13-21)43(2)3)16-40-32(26)50-24-15-27(33(46)47)45(17-24)31-30-29(41-34(42-31)36(37,38)39)25-9-4-5-10-28(25)51-30/h4-10,13-14,16,20,24,27H,11-12,15,17-19H2,1-3H3,(H,46,47)/t20-,24?,27-/m0/s1. The van der Waals surface area contributed by atoms with Gasteiger partial charge in [-0.15, -0.1) is 0 Å². The van der Waals surface area contributed by atoms with Gasteiger partial charge in [-0.25, -0.2) is 19.7 Å². The summed E-state index contributed by atoms with van der Waals surface area (Å²) in [5, 5.41) is 10.7.